The van der Waals surface area contributed by atoms with Crippen molar-refractivity contribution in [2.24, 2.45) is 23.3 Å². The Morgan fingerprint density at radius 3 is 2.21 bits per heavy atom. The minimum atomic E-state index is -0.204. The SMILES string of the molecule is C#CC.C/C=C(\C=C/CC)CC1C=C(C)C(C(N)=O)CC/C=C\1.CC.CC.CN. The molecule has 0 aromatic carbocycles. The Balaban J connectivity index is -0.000000301. The molecule has 0 fully saturated rings. The topological polar surface area (TPSA) is 69.1 Å². The fourth-order valence-corrected chi connectivity index (χ4v) is 2.59. The average molecular weight is 405 g/mol. The number of hydrogen-bond acceptors (Lipinski definition) is 2. The third-order valence-electron chi connectivity index (χ3n) is 3.79. The normalized spacial score (nSPS) is 18.8. The van der Waals surface area contributed by atoms with Gasteiger partial charge in [0.05, 0.1) is 5.92 Å². The molecule has 168 valence electrons. The molecule has 1 rings (SSSR count). The molecule has 4 N–H and O–H groups in total. The summed E-state index contributed by atoms with van der Waals surface area (Å²) in [5.74, 6) is 2.29. The molecule has 0 bridgehead atoms. The number of allylic oxidation sites excluding steroid dienone is 7. The molecule has 0 heterocycles. The Hall–Kier alpha value is -2.05. The van der Waals surface area contributed by atoms with Crippen molar-refractivity contribution in [1.29, 1.82) is 0 Å². The summed E-state index contributed by atoms with van der Waals surface area (Å²) in [7, 11) is 1.50. The van der Waals surface area contributed by atoms with Gasteiger partial charge in [-0.25, -0.2) is 0 Å². The van der Waals surface area contributed by atoms with E-state index in [1.807, 2.05) is 34.6 Å². The van der Waals surface area contributed by atoms with Gasteiger partial charge in [-0.1, -0.05) is 82.2 Å². The minimum absolute atomic E-state index is 0.109. The van der Waals surface area contributed by atoms with Crippen LogP contribution < -0.4 is 11.5 Å². The van der Waals surface area contributed by atoms with Crippen molar-refractivity contribution in [1.82, 2.24) is 0 Å². The largest absolute Gasteiger partial charge is 0.369 e. The summed E-state index contributed by atoms with van der Waals surface area (Å²) >= 11 is 0. The maximum absolute atomic E-state index is 11.5. The number of hydrogen-bond donors (Lipinski definition) is 2. The van der Waals surface area contributed by atoms with Crippen LogP contribution in [0.2, 0.25) is 0 Å². The number of primary amides is 1. The third-order valence-corrected chi connectivity index (χ3v) is 3.79. The Kier molecular flexibility index (Phi) is 33.5. The quantitative estimate of drug-likeness (QED) is 0.309. The number of nitrogens with two attached hydrogens (primary N) is 2. The average Bonchev–Trinajstić information content (AvgIpc) is 2.73. The van der Waals surface area contributed by atoms with Gasteiger partial charge in [0.25, 0.3) is 0 Å². The monoisotopic (exact) mass is 404 g/mol. The summed E-state index contributed by atoms with van der Waals surface area (Å²) < 4.78 is 0. The maximum atomic E-state index is 11.5. The fraction of sp³-hybridized carbons (Fsp3) is 0.577. The van der Waals surface area contributed by atoms with E-state index in [0.29, 0.717) is 5.92 Å². The van der Waals surface area contributed by atoms with E-state index in [1.54, 1.807) is 6.92 Å². The molecule has 0 saturated carbocycles. The molecular formula is C26H48N2O. The smallest absolute Gasteiger partial charge is 0.224 e. The summed E-state index contributed by atoms with van der Waals surface area (Å²) in [4.78, 5) is 11.5. The first kappa shape index (κ1) is 34.5. The van der Waals surface area contributed by atoms with Gasteiger partial charge in [-0.05, 0) is 59.4 Å². The molecule has 0 radical (unpaired) electrons. The van der Waals surface area contributed by atoms with Crippen LogP contribution in [0.3, 0.4) is 0 Å². The second kappa shape index (κ2) is 28.2. The lowest BCUT2D eigenvalue weighted by atomic mass is 9.86. The highest BCUT2D eigenvalue weighted by atomic mass is 16.1. The minimum Gasteiger partial charge on any atom is -0.369 e. The number of amides is 1. The molecule has 1 aliphatic rings. The molecule has 3 nitrogen and oxygen atoms in total. The van der Waals surface area contributed by atoms with Crippen LogP contribution in [-0.4, -0.2) is 13.0 Å². The summed E-state index contributed by atoms with van der Waals surface area (Å²) in [6, 6.07) is 0. The van der Waals surface area contributed by atoms with Gasteiger partial charge in [0, 0.05) is 0 Å². The molecule has 0 aliphatic heterocycles. The fourth-order valence-electron chi connectivity index (χ4n) is 2.59. The molecule has 2 unspecified atom stereocenters. The van der Waals surface area contributed by atoms with Crippen molar-refractivity contribution in [2.45, 2.75) is 81.1 Å². The molecular weight excluding hydrogens is 356 g/mol. The van der Waals surface area contributed by atoms with E-state index in [0.717, 1.165) is 31.3 Å². The summed E-state index contributed by atoms with van der Waals surface area (Å²) in [5.41, 5.74) is 12.4. The molecule has 0 aromatic heterocycles. The van der Waals surface area contributed by atoms with Crippen LogP contribution in [0, 0.1) is 24.2 Å². The van der Waals surface area contributed by atoms with E-state index >= 15 is 0 Å². The highest BCUT2D eigenvalue weighted by Gasteiger charge is 2.19. The Morgan fingerprint density at radius 2 is 1.79 bits per heavy atom. The van der Waals surface area contributed by atoms with E-state index in [2.05, 4.69) is 68.4 Å². The van der Waals surface area contributed by atoms with Gasteiger partial charge in [-0.2, -0.15) is 0 Å². The highest BCUT2D eigenvalue weighted by molar-refractivity contribution is 5.79. The van der Waals surface area contributed by atoms with Crippen molar-refractivity contribution < 1.29 is 4.79 Å². The lowest BCUT2D eigenvalue weighted by Crippen LogP contribution is -2.24. The van der Waals surface area contributed by atoms with Crippen molar-refractivity contribution in [3.8, 4) is 12.3 Å². The molecule has 3 heteroatoms. The van der Waals surface area contributed by atoms with Crippen molar-refractivity contribution >= 4 is 5.91 Å². The molecule has 29 heavy (non-hydrogen) atoms. The predicted molar refractivity (Wildman–Crippen MR) is 133 cm³/mol. The standard InChI is InChI=1S/C18H27NO.C3H4.2C2H6.CH5N/c1-4-6-9-15(5-2)13-16-10-7-8-11-17(18(19)20)14(3)12-16;1-3-2;3*1-2/h5-7,9-10,12,16-17H,4,8,11,13H2,1-3H3,(H2,19,20);1H,2H3;2*1-2H3;2H2,1H3/b9-6-,10-7-,14-12?,15-5+;;;;. The van der Waals surface area contributed by atoms with E-state index in [4.69, 9.17) is 5.73 Å². The number of carbonyl (C=O) groups excluding carboxylic acids is 1. The number of carbonyl (C=O) groups is 1. The molecule has 0 aromatic rings. The predicted octanol–water partition coefficient (Wildman–Crippen LogP) is 6.57. The lowest BCUT2D eigenvalue weighted by Gasteiger charge is -2.19. The van der Waals surface area contributed by atoms with Crippen LogP contribution in [-0.2, 0) is 4.79 Å². The van der Waals surface area contributed by atoms with Gasteiger partial charge in [0.1, 0.15) is 0 Å². The second-order valence-electron chi connectivity index (χ2n) is 5.70. The zero-order valence-corrected chi connectivity index (χ0v) is 20.6. The number of rotatable bonds is 5. The zero-order valence-electron chi connectivity index (χ0n) is 20.6. The van der Waals surface area contributed by atoms with Gasteiger partial charge in [-0.3, -0.25) is 4.79 Å². The van der Waals surface area contributed by atoms with Crippen molar-refractivity contribution in [2.75, 3.05) is 7.05 Å². The van der Waals surface area contributed by atoms with Crippen LogP contribution in [0.5, 0.6) is 0 Å². The maximum Gasteiger partial charge on any atom is 0.224 e. The number of terminal acetylenes is 1. The van der Waals surface area contributed by atoms with Crippen LogP contribution >= 0.6 is 0 Å². The van der Waals surface area contributed by atoms with E-state index in [9.17, 15) is 4.79 Å². The van der Waals surface area contributed by atoms with Gasteiger partial charge in [0.2, 0.25) is 5.91 Å². The third kappa shape index (κ3) is 20.5. The first-order valence-corrected chi connectivity index (χ1v) is 10.9. The van der Waals surface area contributed by atoms with E-state index < -0.39 is 0 Å². The Morgan fingerprint density at radius 1 is 1.28 bits per heavy atom. The van der Waals surface area contributed by atoms with Gasteiger partial charge in [-0.15, -0.1) is 12.3 Å². The highest BCUT2D eigenvalue weighted by Crippen LogP contribution is 2.26. The van der Waals surface area contributed by atoms with Crippen LogP contribution in [0.25, 0.3) is 0 Å². The first-order chi connectivity index (χ1) is 14.0. The summed E-state index contributed by atoms with van der Waals surface area (Å²) in [6.07, 6.45) is 21.6. The lowest BCUT2D eigenvalue weighted by molar-refractivity contribution is -0.120. The van der Waals surface area contributed by atoms with Gasteiger partial charge in [0.15, 0.2) is 0 Å². The Bertz CT molecular complexity index is 519. The van der Waals surface area contributed by atoms with Crippen LogP contribution in [0.15, 0.2) is 47.6 Å². The van der Waals surface area contributed by atoms with Crippen molar-refractivity contribution in [3.63, 3.8) is 0 Å². The Labute approximate surface area is 182 Å². The van der Waals surface area contributed by atoms with Gasteiger partial charge < -0.3 is 11.5 Å². The van der Waals surface area contributed by atoms with E-state index in [-0.39, 0.29) is 11.8 Å². The summed E-state index contributed by atoms with van der Waals surface area (Å²) in [5, 5.41) is 0. The second-order valence-corrected chi connectivity index (χ2v) is 5.70. The molecule has 1 aliphatic carbocycles. The summed E-state index contributed by atoms with van der Waals surface area (Å²) in [6.45, 7) is 15.9. The van der Waals surface area contributed by atoms with E-state index in [1.165, 1.54) is 12.6 Å². The van der Waals surface area contributed by atoms with Crippen LogP contribution in [0.4, 0.5) is 0 Å². The molecule has 1 amide bonds. The first-order valence-electron chi connectivity index (χ1n) is 10.9. The molecule has 2 atom stereocenters. The zero-order chi connectivity index (χ0) is 23.7. The van der Waals surface area contributed by atoms with Crippen LogP contribution in [0.1, 0.15) is 81.1 Å². The van der Waals surface area contributed by atoms with Gasteiger partial charge >= 0.3 is 0 Å². The molecule has 0 saturated heterocycles. The molecule has 0 spiro atoms. The van der Waals surface area contributed by atoms with Crippen molar-refractivity contribution in [3.05, 3.63) is 47.6 Å².